The Hall–Kier alpha value is -3.48. The molecule has 1 amide bonds. The molecular weight excluding hydrogens is 333 g/mol. The Kier molecular flexibility index (Phi) is 3.96. The summed E-state index contributed by atoms with van der Waals surface area (Å²) in [5.74, 6) is -0.0276. The average Bonchev–Trinajstić information content (AvgIpc) is 3.27. The molecule has 0 spiro atoms. The maximum Gasteiger partial charge on any atom is 0.252 e. The minimum atomic E-state index is -0.573. The molecular formula is C19H16FN5O. The maximum absolute atomic E-state index is 13.7. The molecule has 0 bridgehead atoms. The normalized spacial score (nSPS) is 12.2. The number of carbonyl (C=O) groups is 1. The highest BCUT2D eigenvalue weighted by Gasteiger charge is 2.22. The Balaban J connectivity index is 1.70. The molecule has 130 valence electrons. The number of carbonyl (C=O) groups excluding carboxylic acids is 1. The minimum absolute atomic E-state index is 0.279. The fourth-order valence-corrected chi connectivity index (χ4v) is 2.93. The summed E-state index contributed by atoms with van der Waals surface area (Å²) in [5, 5.41) is 2.95. The number of imidazole rings is 2. The zero-order valence-electron chi connectivity index (χ0n) is 14.0. The summed E-state index contributed by atoms with van der Waals surface area (Å²) in [7, 11) is 1.83. The van der Waals surface area contributed by atoms with Gasteiger partial charge in [0, 0.05) is 25.0 Å². The van der Waals surface area contributed by atoms with Crippen molar-refractivity contribution in [1.82, 2.24) is 24.8 Å². The topological polar surface area (TPSA) is 75.6 Å². The van der Waals surface area contributed by atoms with E-state index in [1.165, 1.54) is 12.1 Å². The molecule has 6 nitrogen and oxygen atoms in total. The Labute approximate surface area is 148 Å². The standard InChI is InChI=1S/C19H16FN5O/c1-25-8-7-21-18(25)17(12-3-2-4-14(20)9-12)24-19(26)13-5-6-15-16(10-13)23-11-22-15/h2-11,17H,1H3,(H,22,23)(H,24,26). The molecule has 2 N–H and O–H groups in total. The number of H-pyrrole nitrogens is 1. The lowest BCUT2D eigenvalue weighted by Crippen LogP contribution is -2.31. The number of fused-ring (bicyclic) bond motifs is 1. The van der Waals surface area contributed by atoms with Crippen molar-refractivity contribution in [3.63, 3.8) is 0 Å². The number of nitrogens with one attached hydrogen (secondary N) is 2. The van der Waals surface area contributed by atoms with E-state index in [4.69, 9.17) is 0 Å². The first-order chi connectivity index (χ1) is 12.6. The number of halogens is 1. The lowest BCUT2D eigenvalue weighted by Gasteiger charge is -2.19. The smallest absolute Gasteiger partial charge is 0.252 e. The van der Waals surface area contributed by atoms with Gasteiger partial charge in [-0.05, 0) is 35.9 Å². The minimum Gasteiger partial charge on any atom is -0.345 e. The molecule has 0 aliphatic carbocycles. The van der Waals surface area contributed by atoms with E-state index < -0.39 is 6.04 Å². The van der Waals surface area contributed by atoms with Crippen molar-refractivity contribution in [2.75, 3.05) is 0 Å². The summed E-state index contributed by atoms with van der Waals surface area (Å²) in [6, 6.07) is 10.8. The van der Waals surface area contributed by atoms with Crippen LogP contribution in [0.4, 0.5) is 4.39 Å². The lowest BCUT2D eigenvalue weighted by molar-refractivity contribution is 0.0941. The Morgan fingerprint density at radius 1 is 1.23 bits per heavy atom. The van der Waals surface area contributed by atoms with Gasteiger partial charge >= 0.3 is 0 Å². The number of aryl methyl sites for hydroxylation is 1. The molecule has 0 aliphatic rings. The van der Waals surface area contributed by atoms with Crippen LogP contribution in [0.15, 0.2) is 61.2 Å². The van der Waals surface area contributed by atoms with Crippen molar-refractivity contribution in [3.8, 4) is 0 Å². The average molecular weight is 349 g/mol. The maximum atomic E-state index is 13.7. The zero-order chi connectivity index (χ0) is 18.1. The van der Waals surface area contributed by atoms with E-state index in [0.717, 1.165) is 11.0 Å². The lowest BCUT2D eigenvalue weighted by atomic mass is 10.0. The van der Waals surface area contributed by atoms with Crippen molar-refractivity contribution in [3.05, 3.63) is 84.0 Å². The number of hydrogen-bond acceptors (Lipinski definition) is 3. The van der Waals surface area contributed by atoms with Crippen molar-refractivity contribution < 1.29 is 9.18 Å². The third-order valence-electron chi connectivity index (χ3n) is 4.26. The van der Waals surface area contributed by atoms with Crippen molar-refractivity contribution in [1.29, 1.82) is 0 Å². The van der Waals surface area contributed by atoms with Gasteiger partial charge in [0.15, 0.2) is 0 Å². The number of nitrogens with zero attached hydrogens (tertiary/aromatic N) is 3. The van der Waals surface area contributed by atoms with Crippen LogP contribution in [-0.2, 0) is 7.05 Å². The van der Waals surface area contributed by atoms with Crippen molar-refractivity contribution in [2.24, 2.45) is 7.05 Å². The first-order valence-corrected chi connectivity index (χ1v) is 8.08. The predicted octanol–water partition coefficient (Wildman–Crippen LogP) is 2.95. The first kappa shape index (κ1) is 16.0. The van der Waals surface area contributed by atoms with E-state index in [0.29, 0.717) is 17.0 Å². The molecule has 2 aromatic carbocycles. The van der Waals surface area contributed by atoms with Gasteiger partial charge in [0.1, 0.15) is 17.7 Å². The second kappa shape index (κ2) is 6.44. The van der Waals surface area contributed by atoms with Crippen LogP contribution in [0.3, 0.4) is 0 Å². The largest absolute Gasteiger partial charge is 0.345 e. The molecule has 4 rings (SSSR count). The highest BCUT2D eigenvalue weighted by molar-refractivity contribution is 5.97. The van der Waals surface area contributed by atoms with E-state index in [9.17, 15) is 9.18 Å². The number of hydrogen-bond donors (Lipinski definition) is 2. The van der Waals surface area contributed by atoms with Gasteiger partial charge in [-0.1, -0.05) is 12.1 Å². The van der Waals surface area contributed by atoms with Crippen LogP contribution in [0, 0.1) is 5.82 Å². The number of rotatable bonds is 4. The van der Waals surface area contributed by atoms with Crippen LogP contribution in [0.2, 0.25) is 0 Å². The number of amides is 1. The zero-order valence-corrected chi connectivity index (χ0v) is 14.0. The first-order valence-electron chi connectivity index (χ1n) is 8.08. The second-order valence-electron chi connectivity index (χ2n) is 5.99. The second-order valence-corrected chi connectivity index (χ2v) is 5.99. The van der Waals surface area contributed by atoms with Crippen LogP contribution >= 0.6 is 0 Å². The molecule has 0 saturated carbocycles. The third kappa shape index (κ3) is 2.95. The molecule has 2 heterocycles. The Morgan fingerprint density at radius 3 is 2.88 bits per heavy atom. The fraction of sp³-hybridized carbons (Fsp3) is 0.105. The molecule has 7 heteroatoms. The van der Waals surface area contributed by atoms with E-state index in [1.54, 1.807) is 53.6 Å². The monoisotopic (exact) mass is 349 g/mol. The van der Waals surface area contributed by atoms with Gasteiger partial charge < -0.3 is 14.9 Å². The molecule has 0 fully saturated rings. The summed E-state index contributed by atoms with van der Waals surface area (Å²) in [6.07, 6.45) is 5.00. The predicted molar refractivity (Wildman–Crippen MR) is 95.0 cm³/mol. The third-order valence-corrected chi connectivity index (χ3v) is 4.26. The molecule has 4 aromatic rings. The van der Waals surface area contributed by atoms with Crippen LogP contribution in [0.25, 0.3) is 11.0 Å². The summed E-state index contributed by atoms with van der Waals surface area (Å²) < 4.78 is 15.5. The molecule has 1 unspecified atom stereocenters. The van der Waals surface area contributed by atoms with Gasteiger partial charge in [0.25, 0.3) is 5.91 Å². The van der Waals surface area contributed by atoms with Crippen LogP contribution in [0.5, 0.6) is 0 Å². The molecule has 0 aliphatic heterocycles. The number of aromatic amines is 1. The van der Waals surface area contributed by atoms with Gasteiger partial charge in [-0.3, -0.25) is 4.79 Å². The highest BCUT2D eigenvalue weighted by atomic mass is 19.1. The SMILES string of the molecule is Cn1ccnc1C(NC(=O)c1ccc2nc[nH]c2c1)c1cccc(F)c1. The van der Waals surface area contributed by atoms with E-state index in [1.807, 2.05) is 7.05 Å². The van der Waals surface area contributed by atoms with E-state index >= 15 is 0 Å². The van der Waals surface area contributed by atoms with Gasteiger partial charge in [-0.15, -0.1) is 0 Å². The molecule has 1 atom stereocenters. The van der Waals surface area contributed by atoms with Gasteiger partial charge in [0.05, 0.1) is 17.4 Å². The molecule has 0 radical (unpaired) electrons. The highest BCUT2D eigenvalue weighted by Crippen LogP contribution is 2.22. The fourth-order valence-electron chi connectivity index (χ4n) is 2.93. The quantitative estimate of drug-likeness (QED) is 0.595. The van der Waals surface area contributed by atoms with Gasteiger partial charge in [0.2, 0.25) is 0 Å². The van der Waals surface area contributed by atoms with Crippen LogP contribution in [-0.4, -0.2) is 25.4 Å². The van der Waals surface area contributed by atoms with Crippen LogP contribution in [0.1, 0.15) is 27.8 Å². The Bertz CT molecular complexity index is 1080. The summed E-state index contributed by atoms with van der Waals surface area (Å²) in [5.41, 5.74) is 2.66. The Morgan fingerprint density at radius 2 is 2.12 bits per heavy atom. The molecule has 2 aromatic heterocycles. The van der Waals surface area contributed by atoms with Gasteiger partial charge in [-0.25, -0.2) is 14.4 Å². The molecule has 0 saturated heterocycles. The summed E-state index contributed by atoms with van der Waals surface area (Å²) >= 11 is 0. The summed E-state index contributed by atoms with van der Waals surface area (Å²) in [4.78, 5) is 24.3. The van der Waals surface area contributed by atoms with Crippen molar-refractivity contribution >= 4 is 16.9 Å². The number of aromatic nitrogens is 4. The van der Waals surface area contributed by atoms with Crippen LogP contribution < -0.4 is 5.32 Å². The number of benzene rings is 2. The summed E-state index contributed by atoms with van der Waals surface area (Å²) in [6.45, 7) is 0. The molecule has 26 heavy (non-hydrogen) atoms. The van der Waals surface area contributed by atoms with E-state index in [2.05, 4.69) is 20.3 Å². The van der Waals surface area contributed by atoms with E-state index in [-0.39, 0.29) is 11.7 Å². The van der Waals surface area contributed by atoms with Gasteiger partial charge in [-0.2, -0.15) is 0 Å². The van der Waals surface area contributed by atoms with Crippen molar-refractivity contribution in [2.45, 2.75) is 6.04 Å².